The second-order valence-corrected chi connectivity index (χ2v) is 19.5. The van der Waals surface area contributed by atoms with Gasteiger partial charge in [0.1, 0.15) is 13.2 Å². The van der Waals surface area contributed by atoms with E-state index in [1.165, 1.54) is 186 Å². The molecule has 0 aliphatic rings. The van der Waals surface area contributed by atoms with E-state index in [4.69, 9.17) is 14.2 Å². The third kappa shape index (κ3) is 47.5. The van der Waals surface area contributed by atoms with E-state index in [1.807, 2.05) is 0 Å². The van der Waals surface area contributed by atoms with Crippen LogP contribution in [0.4, 0.5) is 0 Å². The van der Waals surface area contributed by atoms with Crippen LogP contribution in [0.5, 0.6) is 0 Å². The summed E-state index contributed by atoms with van der Waals surface area (Å²) >= 11 is 0. The van der Waals surface area contributed by atoms with Crippen molar-refractivity contribution in [2.45, 2.75) is 304 Å². The molecule has 0 aromatic carbocycles. The van der Waals surface area contributed by atoms with Gasteiger partial charge in [0.05, 0.1) is 0 Å². The molecular weight excluding hydrogens is 745 g/mol. The first-order valence-electron chi connectivity index (χ1n) is 26.7. The van der Waals surface area contributed by atoms with Gasteiger partial charge >= 0.3 is 17.9 Å². The van der Waals surface area contributed by atoms with Crippen molar-refractivity contribution < 1.29 is 28.6 Å². The van der Waals surface area contributed by atoms with Gasteiger partial charge < -0.3 is 14.2 Å². The van der Waals surface area contributed by atoms with Gasteiger partial charge in [0, 0.05) is 19.3 Å². The first kappa shape index (κ1) is 58.4. The third-order valence-corrected chi connectivity index (χ3v) is 12.2. The van der Waals surface area contributed by atoms with Gasteiger partial charge in [-0.1, -0.05) is 259 Å². The first-order chi connectivity index (χ1) is 29.2. The van der Waals surface area contributed by atoms with Crippen LogP contribution in [0.1, 0.15) is 298 Å². The lowest BCUT2D eigenvalue weighted by Crippen LogP contribution is -2.30. The molecule has 356 valence electrons. The van der Waals surface area contributed by atoms with E-state index in [-0.39, 0.29) is 31.1 Å². The fourth-order valence-corrected chi connectivity index (χ4v) is 8.17. The van der Waals surface area contributed by atoms with Crippen molar-refractivity contribution in [1.29, 1.82) is 0 Å². The van der Waals surface area contributed by atoms with Crippen molar-refractivity contribution in [3.8, 4) is 0 Å². The Labute approximate surface area is 374 Å². The predicted molar refractivity (Wildman–Crippen MR) is 256 cm³/mol. The molecule has 0 bridgehead atoms. The van der Waals surface area contributed by atoms with E-state index in [1.54, 1.807) is 0 Å². The molecule has 0 aromatic heterocycles. The summed E-state index contributed by atoms with van der Waals surface area (Å²) in [5, 5.41) is 0. The third-order valence-electron chi connectivity index (χ3n) is 12.2. The Hall–Kier alpha value is -1.59. The monoisotopic (exact) mass is 849 g/mol. The zero-order valence-electron chi connectivity index (χ0n) is 41.1. The zero-order chi connectivity index (χ0) is 44.0. The van der Waals surface area contributed by atoms with Crippen molar-refractivity contribution in [2.24, 2.45) is 11.8 Å². The maximum atomic E-state index is 12.8. The van der Waals surface area contributed by atoms with Crippen LogP contribution in [-0.4, -0.2) is 37.2 Å². The lowest BCUT2D eigenvalue weighted by molar-refractivity contribution is -0.167. The molecule has 0 aliphatic heterocycles. The topological polar surface area (TPSA) is 78.9 Å². The molecule has 60 heavy (non-hydrogen) atoms. The Bertz CT molecular complexity index is 916. The summed E-state index contributed by atoms with van der Waals surface area (Å²) in [4.78, 5) is 37.9. The second kappa shape index (κ2) is 46.9. The van der Waals surface area contributed by atoms with Crippen molar-refractivity contribution in [3.05, 3.63) is 0 Å². The standard InChI is InChI=1S/C54H104O6/c1-6-7-8-9-10-11-12-13-18-21-24-29-34-39-44-52(55)58-47-51(60-54(57)46-41-36-31-26-28-33-38-43-50(4)5)48-59-53(56)45-40-35-30-25-22-19-16-14-15-17-20-23-27-32-37-42-49(2)3/h49-51H,6-48H2,1-5H3/t51-/m0/s1. The number of hydrogen-bond acceptors (Lipinski definition) is 6. The Morgan fingerprint density at radius 1 is 0.317 bits per heavy atom. The van der Waals surface area contributed by atoms with Crippen LogP contribution in [0.25, 0.3) is 0 Å². The summed E-state index contributed by atoms with van der Waals surface area (Å²) in [5.41, 5.74) is 0. The number of rotatable bonds is 48. The van der Waals surface area contributed by atoms with Crippen molar-refractivity contribution >= 4 is 17.9 Å². The average Bonchev–Trinajstić information content (AvgIpc) is 3.22. The molecule has 0 saturated carbocycles. The molecular formula is C54H104O6. The maximum absolute atomic E-state index is 12.8. The van der Waals surface area contributed by atoms with Gasteiger partial charge in [-0.3, -0.25) is 14.4 Å². The van der Waals surface area contributed by atoms with Gasteiger partial charge in [0.15, 0.2) is 6.10 Å². The number of hydrogen-bond donors (Lipinski definition) is 0. The zero-order valence-corrected chi connectivity index (χ0v) is 41.1. The van der Waals surface area contributed by atoms with E-state index >= 15 is 0 Å². The number of carbonyl (C=O) groups excluding carboxylic acids is 3. The molecule has 0 radical (unpaired) electrons. The van der Waals surface area contributed by atoms with Crippen molar-refractivity contribution in [1.82, 2.24) is 0 Å². The van der Waals surface area contributed by atoms with E-state index in [9.17, 15) is 14.4 Å². The molecule has 0 aliphatic carbocycles. The van der Waals surface area contributed by atoms with Crippen LogP contribution in [-0.2, 0) is 28.6 Å². The lowest BCUT2D eigenvalue weighted by Gasteiger charge is -2.18. The molecule has 0 amide bonds. The highest BCUT2D eigenvalue weighted by Gasteiger charge is 2.19. The molecule has 0 heterocycles. The molecule has 0 unspecified atom stereocenters. The first-order valence-corrected chi connectivity index (χ1v) is 26.7. The molecule has 0 N–H and O–H groups in total. The Morgan fingerprint density at radius 3 is 0.817 bits per heavy atom. The van der Waals surface area contributed by atoms with Crippen LogP contribution in [0.3, 0.4) is 0 Å². The Morgan fingerprint density at radius 2 is 0.550 bits per heavy atom. The number of unbranched alkanes of at least 4 members (excludes halogenated alkanes) is 33. The second-order valence-electron chi connectivity index (χ2n) is 19.5. The molecule has 0 spiro atoms. The van der Waals surface area contributed by atoms with Gasteiger partial charge in [-0.15, -0.1) is 0 Å². The van der Waals surface area contributed by atoms with Crippen LogP contribution in [0, 0.1) is 11.8 Å². The fraction of sp³-hybridized carbons (Fsp3) is 0.944. The Balaban J connectivity index is 4.24. The summed E-state index contributed by atoms with van der Waals surface area (Å²) in [5.74, 6) is 0.778. The summed E-state index contributed by atoms with van der Waals surface area (Å²) in [6.45, 7) is 11.3. The van der Waals surface area contributed by atoms with Gasteiger partial charge in [0.2, 0.25) is 0 Å². The lowest BCUT2D eigenvalue weighted by atomic mass is 10.0. The van der Waals surface area contributed by atoms with Crippen LogP contribution in [0.2, 0.25) is 0 Å². The normalized spacial score (nSPS) is 12.1. The van der Waals surface area contributed by atoms with E-state index in [0.29, 0.717) is 19.3 Å². The van der Waals surface area contributed by atoms with Crippen LogP contribution >= 0.6 is 0 Å². The molecule has 1 atom stereocenters. The highest BCUT2D eigenvalue weighted by atomic mass is 16.6. The largest absolute Gasteiger partial charge is 0.462 e. The highest BCUT2D eigenvalue weighted by Crippen LogP contribution is 2.17. The SMILES string of the molecule is CCCCCCCCCCCCCCCCC(=O)OC[C@@H](COC(=O)CCCCCCCCCCCCCCCCCC(C)C)OC(=O)CCCCCCCCCC(C)C. The van der Waals surface area contributed by atoms with Crippen LogP contribution in [0.15, 0.2) is 0 Å². The van der Waals surface area contributed by atoms with E-state index < -0.39 is 6.10 Å². The minimum Gasteiger partial charge on any atom is -0.462 e. The smallest absolute Gasteiger partial charge is 0.306 e. The van der Waals surface area contributed by atoms with Crippen LogP contribution < -0.4 is 0 Å². The van der Waals surface area contributed by atoms with E-state index in [0.717, 1.165) is 69.6 Å². The van der Waals surface area contributed by atoms with Gasteiger partial charge in [-0.25, -0.2) is 0 Å². The quantitative estimate of drug-likeness (QED) is 0.0345. The fourth-order valence-electron chi connectivity index (χ4n) is 8.17. The molecule has 0 rings (SSSR count). The molecule has 6 nitrogen and oxygen atoms in total. The number of ether oxygens (including phenoxy) is 3. The summed E-state index contributed by atoms with van der Waals surface area (Å²) in [7, 11) is 0. The number of esters is 3. The van der Waals surface area contributed by atoms with E-state index in [2.05, 4.69) is 34.6 Å². The molecule has 0 saturated heterocycles. The van der Waals surface area contributed by atoms with Gasteiger partial charge in [0.25, 0.3) is 0 Å². The number of carbonyl (C=O) groups is 3. The maximum Gasteiger partial charge on any atom is 0.306 e. The summed E-state index contributed by atoms with van der Waals surface area (Å²) < 4.78 is 16.8. The Kier molecular flexibility index (Phi) is 45.7. The minimum atomic E-state index is -0.762. The molecule has 0 aromatic rings. The van der Waals surface area contributed by atoms with Crippen molar-refractivity contribution in [3.63, 3.8) is 0 Å². The molecule has 0 fully saturated rings. The van der Waals surface area contributed by atoms with Gasteiger partial charge in [-0.2, -0.15) is 0 Å². The molecule has 6 heteroatoms. The highest BCUT2D eigenvalue weighted by molar-refractivity contribution is 5.71. The summed E-state index contributed by atoms with van der Waals surface area (Å²) in [6, 6.07) is 0. The van der Waals surface area contributed by atoms with Crippen molar-refractivity contribution in [2.75, 3.05) is 13.2 Å². The minimum absolute atomic E-state index is 0.0641. The van der Waals surface area contributed by atoms with Gasteiger partial charge in [-0.05, 0) is 31.1 Å². The summed E-state index contributed by atoms with van der Waals surface area (Å²) in [6.07, 6.45) is 48.1. The average molecular weight is 849 g/mol. The predicted octanol–water partition coefficient (Wildman–Crippen LogP) is 17.3.